The Morgan fingerprint density at radius 3 is 2.90 bits per heavy atom. The monoisotopic (exact) mass is 268 g/mol. The highest BCUT2D eigenvalue weighted by Gasteiger charge is 2.17. The van der Waals surface area contributed by atoms with Crippen molar-refractivity contribution in [2.45, 2.75) is 19.9 Å². The van der Waals surface area contributed by atoms with E-state index in [-0.39, 0.29) is 5.91 Å². The fourth-order valence-electron chi connectivity index (χ4n) is 2.10. The van der Waals surface area contributed by atoms with Gasteiger partial charge in [-0.3, -0.25) is 4.79 Å². The average Bonchev–Trinajstić information content (AvgIpc) is 2.95. The second-order valence-corrected chi connectivity index (χ2v) is 4.58. The normalized spacial score (nSPS) is 10.1. The number of carbonyl (C=O) groups excluding carboxylic acids is 1. The van der Waals surface area contributed by atoms with Crippen molar-refractivity contribution in [3.63, 3.8) is 0 Å². The van der Waals surface area contributed by atoms with Crippen molar-refractivity contribution >= 4 is 5.91 Å². The molecule has 2 rings (SSSR count). The summed E-state index contributed by atoms with van der Waals surface area (Å²) in [5, 5.41) is 8.88. The molecule has 1 heterocycles. The van der Waals surface area contributed by atoms with Crippen LogP contribution in [0, 0.1) is 11.3 Å². The van der Waals surface area contributed by atoms with E-state index in [0.29, 0.717) is 29.9 Å². The number of nitrogens with zero attached hydrogens (tertiary/aromatic N) is 2. The molecule has 0 saturated carbocycles. The molecule has 0 spiro atoms. The molecule has 0 atom stereocenters. The molecule has 102 valence electrons. The number of furan rings is 1. The molecule has 0 N–H and O–H groups in total. The van der Waals surface area contributed by atoms with Crippen LogP contribution in [0.3, 0.4) is 0 Å². The SMILES string of the molecule is CCc1occc1C(=O)N(C)Cc1cccc(C#N)c1. The number of carbonyl (C=O) groups is 1. The minimum Gasteiger partial charge on any atom is -0.469 e. The molecule has 1 aromatic heterocycles. The zero-order valence-corrected chi connectivity index (χ0v) is 11.6. The van der Waals surface area contributed by atoms with E-state index in [1.807, 2.05) is 19.1 Å². The quantitative estimate of drug-likeness (QED) is 0.856. The number of nitriles is 1. The standard InChI is InChI=1S/C16H16N2O2/c1-3-15-14(7-8-20-15)16(19)18(2)11-13-6-4-5-12(9-13)10-17/h4-9H,3,11H2,1-2H3. The highest BCUT2D eigenvalue weighted by atomic mass is 16.3. The summed E-state index contributed by atoms with van der Waals surface area (Å²) in [6.07, 6.45) is 2.22. The molecule has 0 aliphatic carbocycles. The van der Waals surface area contributed by atoms with Gasteiger partial charge in [-0.05, 0) is 23.8 Å². The molecular formula is C16H16N2O2. The molecule has 4 nitrogen and oxygen atoms in total. The smallest absolute Gasteiger partial charge is 0.257 e. The maximum atomic E-state index is 12.3. The van der Waals surface area contributed by atoms with E-state index < -0.39 is 0 Å². The molecule has 0 bridgehead atoms. The van der Waals surface area contributed by atoms with E-state index in [9.17, 15) is 4.79 Å². The molecule has 0 aliphatic heterocycles. The van der Waals surface area contributed by atoms with Crippen molar-refractivity contribution in [3.8, 4) is 6.07 Å². The van der Waals surface area contributed by atoms with Crippen LogP contribution in [0.5, 0.6) is 0 Å². The summed E-state index contributed by atoms with van der Waals surface area (Å²) in [5.41, 5.74) is 2.13. The fourth-order valence-corrected chi connectivity index (χ4v) is 2.10. The van der Waals surface area contributed by atoms with Gasteiger partial charge in [0.25, 0.3) is 5.91 Å². The van der Waals surface area contributed by atoms with Gasteiger partial charge >= 0.3 is 0 Å². The molecular weight excluding hydrogens is 252 g/mol. The van der Waals surface area contributed by atoms with Crippen molar-refractivity contribution in [2.75, 3.05) is 7.05 Å². The second-order valence-electron chi connectivity index (χ2n) is 4.58. The third kappa shape index (κ3) is 2.89. The van der Waals surface area contributed by atoms with Crippen LogP contribution in [0.15, 0.2) is 41.0 Å². The first-order chi connectivity index (χ1) is 9.65. The van der Waals surface area contributed by atoms with Crippen molar-refractivity contribution in [3.05, 3.63) is 59.0 Å². The van der Waals surface area contributed by atoms with E-state index in [0.717, 1.165) is 5.56 Å². The Morgan fingerprint density at radius 2 is 2.20 bits per heavy atom. The van der Waals surface area contributed by atoms with Gasteiger partial charge in [-0.2, -0.15) is 5.26 Å². The lowest BCUT2D eigenvalue weighted by Crippen LogP contribution is -2.26. The van der Waals surface area contributed by atoms with E-state index in [1.54, 1.807) is 30.1 Å². The van der Waals surface area contributed by atoms with Gasteiger partial charge in [-0.15, -0.1) is 0 Å². The van der Waals surface area contributed by atoms with E-state index in [4.69, 9.17) is 9.68 Å². The fraction of sp³-hybridized carbons (Fsp3) is 0.250. The summed E-state index contributed by atoms with van der Waals surface area (Å²) in [6, 6.07) is 11.1. The van der Waals surface area contributed by atoms with Crippen molar-refractivity contribution in [1.82, 2.24) is 4.90 Å². The summed E-state index contributed by atoms with van der Waals surface area (Å²) in [4.78, 5) is 14.0. The summed E-state index contributed by atoms with van der Waals surface area (Å²) < 4.78 is 5.28. The molecule has 1 aromatic carbocycles. The maximum Gasteiger partial charge on any atom is 0.257 e. The van der Waals surface area contributed by atoms with Gasteiger partial charge in [0, 0.05) is 20.0 Å². The molecule has 0 fully saturated rings. The lowest BCUT2D eigenvalue weighted by molar-refractivity contribution is 0.0783. The summed E-state index contributed by atoms with van der Waals surface area (Å²) in [6.45, 7) is 2.41. The minimum absolute atomic E-state index is 0.0713. The van der Waals surface area contributed by atoms with Crippen molar-refractivity contribution in [2.24, 2.45) is 0 Å². The first kappa shape index (κ1) is 13.9. The first-order valence-electron chi connectivity index (χ1n) is 6.46. The molecule has 4 heteroatoms. The van der Waals surface area contributed by atoms with Crippen LogP contribution in [-0.4, -0.2) is 17.9 Å². The van der Waals surface area contributed by atoms with Gasteiger partial charge in [0.15, 0.2) is 0 Å². The van der Waals surface area contributed by atoms with E-state index >= 15 is 0 Å². The van der Waals surface area contributed by atoms with Gasteiger partial charge in [-0.25, -0.2) is 0 Å². The molecule has 0 saturated heterocycles. The van der Waals surface area contributed by atoms with Crippen LogP contribution in [0.4, 0.5) is 0 Å². The van der Waals surface area contributed by atoms with Gasteiger partial charge in [0.05, 0.1) is 23.5 Å². The zero-order valence-electron chi connectivity index (χ0n) is 11.6. The maximum absolute atomic E-state index is 12.3. The van der Waals surface area contributed by atoms with Crippen molar-refractivity contribution in [1.29, 1.82) is 5.26 Å². The molecule has 1 amide bonds. The Labute approximate surface area is 118 Å². The Balaban J connectivity index is 2.13. The highest BCUT2D eigenvalue weighted by molar-refractivity contribution is 5.95. The number of aryl methyl sites for hydroxylation is 1. The number of amides is 1. The van der Waals surface area contributed by atoms with Gasteiger partial charge in [0.1, 0.15) is 5.76 Å². The van der Waals surface area contributed by atoms with Crippen LogP contribution >= 0.6 is 0 Å². The summed E-state index contributed by atoms with van der Waals surface area (Å²) in [5.74, 6) is 0.630. The third-order valence-corrected chi connectivity index (χ3v) is 3.12. The Kier molecular flexibility index (Phi) is 4.21. The topological polar surface area (TPSA) is 57.2 Å². The second kappa shape index (κ2) is 6.07. The number of hydrogen-bond donors (Lipinski definition) is 0. The zero-order chi connectivity index (χ0) is 14.5. The first-order valence-corrected chi connectivity index (χ1v) is 6.46. The van der Waals surface area contributed by atoms with E-state index in [1.165, 1.54) is 6.26 Å². The van der Waals surface area contributed by atoms with Crippen LogP contribution in [0.1, 0.15) is 34.2 Å². The predicted molar refractivity (Wildman–Crippen MR) is 75.0 cm³/mol. The third-order valence-electron chi connectivity index (χ3n) is 3.12. The molecule has 0 unspecified atom stereocenters. The Morgan fingerprint density at radius 1 is 1.40 bits per heavy atom. The molecule has 0 radical (unpaired) electrons. The lowest BCUT2D eigenvalue weighted by atomic mass is 10.1. The van der Waals surface area contributed by atoms with Crippen LogP contribution in [0.25, 0.3) is 0 Å². The van der Waals surface area contributed by atoms with Gasteiger partial charge < -0.3 is 9.32 Å². The Hall–Kier alpha value is -2.54. The number of benzene rings is 1. The van der Waals surface area contributed by atoms with E-state index in [2.05, 4.69) is 6.07 Å². The predicted octanol–water partition coefficient (Wildman–Crippen LogP) is 2.99. The van der Waals surface area contributed by atoms with Crippen LogP contribution in [-0.2, 0) is 13.0 Å². The van der Waals surface area contributed by atoms with Gasteiger partial charge in [0.2, 0.25) is 0 Å². The van der Waals surface area contributed by atoms with Crippen molar-refractivity contribution < 1.29 is 9.21 Å². The number of hydrogen-bond acceptors (Lipinski definition) is 3. The van der Waals surface area contributed by atoms with Crippen LogP contribution < -0.4 is 0 Å². The molecule has 2 aromatic rings. The minimum atomic E-state index is -0.0713. The molecule has 0 aliphatic rings. The summed E-state index contributed by atoms with van der Waals surface area (Å²) >= 11 is 0. The number of rotatable bonds is 4. The molecule has 20 heavy (non-hydrogen) atoms. The average molecular weight is 268 g/mol. The van der Waals surface area contributed by atoms with Crippen LogP contribution in [0.2, 0.25) is 0 Å². The Bertz CT molecular complexity index is 652. The largest absolute Gasteiger partial charge is 0.469 e. The lowest BCUT2D eigenvalue weighted by Gasteiger charge is -2.17. The summed E-state index contributed by atoms with van der Waals surface area (Å²) in [7, 11) is 1.74. The highest BCUT2D eigenvalue weighted by Crippen LogP contribution is 2.15. The van der Waals surface area contributed by atoms with Gasteiger partial charge in [-0.1, -0.05) is 19.1 Å².